The molecule has 16 heavy (non-hydrogen) atoms. The van der Waals surface area contributed by atoms with E-state index in [1.807, 2.05) is 0 Å². The molecule has 0 bridgehead atoms. The third-order valence-corrected chi connectivity index (χ3v) is 2.70. The fraction of sp³-hybridized carbons (Fsp3) is 0.364. The molecule has 1 fully saturated rings. The molecule has 0 saturated carbocycles. The minimum atomic E-state index is -0.374. The quantitative estimate of drug-likeness (QED) is 0.850. The molecule has 0 aliphatic carbocycles. The van der Waals surface area contributed by atoms with Gasteiger partial charge in [-0.05, 0) is 18.2 Å². The van der Waals surface area contributed by atoms with Crippen LogP contribution in [-0.2, 0) is 0 Å². The maximum atomic E-state index is 12.9. The molecule has 1 aliphatic heterocycles. The van der Waals surface area contributed by atoms with Gasteiger partial charge >= 0.3 is 0 Å². The van der Waals surface area contributed by atoms with Gasteiger partial charge < -0.3 is 10.2 Å². The molecule has 0 spiro atoms. The Morgan fingerprint density at radius 2 is 2.19 bits per heavy atom. The van der Waals surface area contributed by atoms with E-state index >= 15 is 0 Å². The number of amides is 1. The summed E-state index contributed by atoms with van der Waals surface area (Å²) in [4.78, 5) is 13.5. The number of hydrogen-bond acceptors (Lipinski definition) is 2. The van der Waals surface area contributed by atoms with Gasteiger partial charge in [0.05, 0.1) is 6.04 Å². The summed E-state index contributed by atoms with van der Waals surface area (Å²) in [6, 6.07) is 6.02. The van der Waals surface area contributed by atoms with Crippen LogP contribution < -0.4 is 5.32 Å². The molecule has 3 nitrogen and oxygen atoms in total. The molecular weight excluding hydrogens is 231 g/mol. The number of benzene rings is 1. The zero-order valence-electron chi connectivity index (χ0n) is 8.94. The molecule has 1 saturated heterocycles. The Hall–Kier alpha value is -1.13. The Bertz CT molecular complexity index is 382. The van der Waals surface area contributed by atoms with Crippen LogP contribution in [0.15, 0.2) is 24.3 Å². The fourth-order valence-electron chi connectivity index (χ4n) is 1.54. The maximum Gasteiger partial charge on any atom is 0.254 e. The average Bonchev–Trinajstić information content (AvgIpc) is 2.14. The van der Waals surface area contributed by atoms with E-state index in [4.69, 9.17) is 0 Å². The molecule has 2 rings (SSSR count). The Kier molecular flexibility index (Phi) is 4.26. The predicted molar refractivity (Wildman–Crippen MR) is 62.4 cm³/mol. The van der Waals surface area contributed by atoms with Crippen LogP contribution in [0.3, 0.4) is 0 Å². The van der Waals surface area contributed by atoms with E-state index in [-0.39, 0.29) is 30.2 Å². The van der Waals surface area contributed by atoms with Crippen molar-refractivity contribution in [1.82, 2.24) is 10.2 Å². The van der Waals surface area contributed by atoms with Crippen LogP contribution in [0.4, 0.5) is 4.39 Å². The topological polar surface area (TPSA) is 32.3 Å². The molecular formula is C11H14ClFN2O. The maximum absolute atomic E-state index is 12.9. The van der Waals surface area contributed by atoms with Crippen LogP contribution in [0, 0.1) is 5.82 Å². The van der Waals surface area contributed by atoms with Gasteiger partial charge in [0, 0.05) is 25.7 Å². The number of likely N-dealkylation sites (N-methyl/N-ethyl adjacent to an activating group) is 1. The summed E-state index contributed by atoms with van der Waals surface area (Å²) in [5.41, 5.74) is 0.407. The number of hydrogen-bond donors (Lipinski definition) is 1. The van der Waals surface area contributed by atoms with Gasteiger partial charge in [-0.3, -0.25) is 4.79 Å². The number of carbonyl (C=O) groups excluding carboxylic acids is 1. The van der Waals surface area contributed by atoms with Gasteiger partial charge in [-0.25, -0.2) is 4.39 Å². The number of halogens is 2. The van der Waals surface area contributed by atoms with Crippen molar-refractivity contribution in [3.63, 3.8) is 0 Å². The van der Waals surface area contributed by atoms with Gasteiger partial charge in [0.2, 0.25) is 0 Å². The molecule has 1 N–H and O–H groups in total. The van der Waals surface area contributed by atoms with E-state index < -0.39 is 0 Å². The molecule has 5 heteroatoms. The van der Waals surface area contributed by atoms with Crippen molar-refractivity contribution in [3.05, 3.63) is 35.6 Å². The molecule has 0 aromatic heterocycles. The Balaban J connectivity index is 0.00000128. The first-order valence-electron chi connectivity index (χ1n) is 4.92. The average molecular weight is 245 g/mol. The second kappa shape index (κ2) is 5.27. The SMILES string of the molecule is CN(C(=O)c1cccc(F)c1)C1CNC1.Cl. The minimum absolute atomic E-state index is 0. The minimum Gasteiger partial charge on any atom is -0.336 e. The smallest absolute Gasteiger partial charge is 0.254 e. The molecule has 1 aliphatic rings. The van der Waals surface area contributed by atoms with Crippen molar-refractivity contribution >= 4 is 18.3 Å². The number of carbonyl (C=O) groups is 1. The van der Waals surface area contributed by atoms with Crippen LogP contribution in [0.5, 0.6) is 0 Å². The number of nitrogens with zero attached hydrogens (tertiary/aromatic N) is 1. The summed E-state index contributed by atoms with van der Waals surface area (Å²) in [5, 5.41) is 3.09. The lowest BCUT2D eigenvalue weighted by Crippen LogP contribution is -2.57. The third-order valence-electron chi connectivity index (χ3n) is 2.70. The lowest BCUT2D eigenvalue weighted by Gasteiger charge is -2.35. The van der Waals surface area contributed by atoms with Gasteiger partial charge in [0.1, 0.15) is 5.82 Å². The van der Waals surface area contributed by atoms with E-state index in [9.17, 15) is 9.18 Å². The zero-order chi connectivity index (χ0) is 10.8. The van der Waals surface area contributed by atoms with Crippen molar-refractivity contribution in [1.29, 1.82) is 0 Å². The van der Waals surface area contributed by atoms with E-state index in [0.29, 0.717) is 5.56 Å². The van der Waals surface area contributed by atoms with Gasteiger partial charge in [-0.2, -0.15) is 0 Å². The van der Waals surface area contributed by atoms with Crippen molar-refractivity contribution in [2.75, 3.05) is 20.1 Å². The summed E-state index contributed by atoms with van der Waals surface area (Å²) >= 11 is 0. The van der Waals surface area contributed by atoms with Gasteiger partial charge in [-0.15, -0.1) is 12.4 Å². The zero-order valence-corrected chi connectivity index (χ0v) is 9.76. The summed E-state index contributed by atoms with van der Waals surface area (Å²) < 4.78 is 12.9. The normalized spacial score (nSPS) is 14.9. The molecule has 1 aromatic rings. The van der Waals surface area contributed by atoms with Crippen LogP contribution in [-0.4, -0.2) is 37.0 Å². The number of nitrogens with one attached hydrogen (secondary N) is 1. The van der Waals surface area contributed by atoms with E-state index in [2.05, 4.69) is 5.32 Å². The highest BCUT2D eigenvalue weighted by atomic mass is 35.5. The molecule has 1 heterocycles. The molecule has 0 atom stereocenters. The molecule has 88 valence electrons. The second-order valence-electron chi connectivity index (χ2n) is 3.74. The van der Waals surface area contributed by atoms with Crippen molar-refractivity contribution in [2.24, 2.45) is 0 Å². The third kappa shape index (κ3) is 2.51. The lowest BCUT2D eigenvalue weighted by molar-refractivity contribution is 0.0680. The highest BCUT2D eigenvalue weighted by molar-refractivity contribution is 5.94. The van der Waals surface area contributed by atoms with Crippen LogP contribution in [0.25, 0.3) is 0 Å². The van der Waals surface area contributed by atoms with Gasteiger partial charge in [-0.1, -0.05) is 6.07 Å². The van der Waals surface area contributed by atoms with Crippen molar-refractivity contribution in [2.45, 2.75) is 6.04 Å². The van der Waals surface area contributed by atoms with Gasteiger partial charge in [0.15, 0.2) is 0 Å². The Morgan fingerprint density at radius 1 is 1.50 bits per heavy atom. The van der Waals surface area contributed by atoms with Crippen molar-refractivity contribution < 1.29 is 9.18 Å². The highest BCUT2D eigenvalue weighted by Gasteiger charge is 2.25. The fourth-order valence-corrected chi connectivity index (χ4v) is 1.54. The van der Waals surface area contributed by atoms with Crippen molar-refractivity contribution in [3.8, 4) is 0 Å². The van der Waals surface area contributed by atoms with Crippen LogP contribution >= 0.6 is 12.4 Å². The molecule has 0 unspecified atom stereocenters. The Morgan fingerprint density at radius 3 is 2.69 bits per heavy atom. The first-order chi connectivity index (χ1) is 7.18. The number of rotatable bonds is 2. The lowest BCUT2D eigenvalue weighted by atomic mass is 10.1. The van der Waals surface area contributed by atoms with Crippen LogP contribution in [0.2, 0.25) is 0 Å². The Labute approximate surface area is 100 Å². The first-order valence-corrected chi connectivity index (χ1v) is 4.92. The summed E-state index contributed by atoms with van der Waals surface area (Å²) in [5.74, 6) is -0.498. The summed E-state index contributed by atoms with van der Waals surface area (Å²) in [6.07, 6.45) is 0. The largest absolute Gasteiger partial charge is 0.336 e. The van der Waals surface area contributed by atoms with E-state index in [1.165, 1.54) is 12.1 Å². The van der Waals surface area contributed by atoms with Gasteiger partial charge in [0.25, 0.3) is 5.91 Å². The highest BCUT2D eigenvalue weighted by Crippen LogP contribution is 2.10. The first kappa shape index (κ1) is 12.9. The van der Waals surface area contributed by atoms with E-state index in [1.54, 1.807) is 24.1 Å². The molecule has 0 radical (unpaired) electrons. The van der Waals surface area contributed by atoms with Crippen LogP contribution in [0.1, 0.15) is 10.4 Å². The molecule has 1 aromatic carbocycles. The second-order valence-corrected chi connectivity index (χ2v) is 3.74. The summed E-state index contributed by atoms with van der Waals surface area (Å²) in [7, 11) is 1.75. The summed E-state index contributed by atoms with van der Waals surface area (Å²) in [6.45, 7) is 1.63. The van der Waals surface area contributed by atoms with E-state index in [0.717, 1.165) is 13.1 Å². The molecule has 1 amide bonds. The standard InChI is InChI=1S/C11H13FN2O.ClH/c1-14(10-6-13-7-10)11(15)8-3-2-4-9(12)5-8;/h2-5,10,13H,6-7H2,1H3;1H. The predicted octanol–water partition coefficient (Wildman–Crippen LogP) is 1.29. The monoisotopic (exact) mass is 244 g/mol.